The maximum atomic E-state index is 13.2. The standard InChI is InChI=1S/C21H16F3N3O/c1-20(9-4-10-25)18-17-14(5-3-6-16(17)27(2)19(20)28)13-8-7-12(21(22,23)24)11-15(13)26-18/h3,5-8,11H,4,9H2,1-2H3. The number of nitriles is 1. The molecular weight excluding hydrogens is 367 g/mol. The first-order valence-electron chi connectivity index (χ1n) is 8.78. The van der Waals surface area contributed by atoms with Crippen LogP contribution in [0.4, 0.5) is 18.9 Å². The van der Waals surface area contributed by atoms with Gasteiger partial charge in [0.05, 0.1) is 33.9 Å². The molecule has 0 spiro atoms. The third-order valence-corrected chi connectivity index (χ3v) is 5.52. The van der Waals surface area contributed by atoms with E-state index < -0.39 is 17.2 Å². The second-order valence-electron chi connectivity index (χ2n) is 7.24. The Bertz CT molecular complexity index is 1180. The number of nitrogens with zero attached hydrogens (tertiary/aromatic N) is 3. The molecule has 1 amide bonds. The highest BCUT2D eigenvalue weighted by molar-refractivity contribution is 6.19. The third-order valence-electron chi connectivity index (χ3n) is 5.52. The second-order valence-corrected chi connectivity index (χ2v) is 7.24. The Hall–Kier alpha value is -3.14. The summed E-state index contributed by atoms with van der Waals surface area (Å²) < 4.78 is 39.6. The predicted molar refractivity (Wildman–Crippen MR) is 99.9 cm³/mol. The van der Waals surface area contributed by atoms with Gasteiger partial charge < -0.3 is 4.90 Å². The van der Waals surface area contributed by atoms with Crippen LogP contribution < -0.4 is 4.90 Å². The lowest BCUT2D eigenvalue weighted by Crippen LogP contribution is -2.47. The van der Waals surface area contributed by atoms with Gasteiger partial charge in [0.15, 0.2) is 0 Å². The number of hydrogen-bond donors (Lipinski definition) is 0. The van der Waals surface area contributed by atoms with Crippen molar-refractivity contribution in [3.63, 3.8) is 0 Å². The molecule has 4 nitrogen and oxygen atoms in total. The fraction of sp³-hybridized carbons (Fsp3) is 0.286. The number of benzene rings is 2. The minimum Gasteiger partial charge on any atom is -0.314 e. The Labute approximate surface area is 159 Å². The summed E-state index contributed by atoms with van der Waals surface area (Å²) >= 11 is 0. The van der Waals surface area contributed by atoms with E-state index in [1.54, 1.807) is 31.0 Å². The highest BCUT2D eigenvalue weighted by atomic mass is 19.4. The maximum absolute atomic E-state index is 13.2. The Morgan fingerprint density at radius 2 is 1.96 bits per heavy atom. The first-order valence-corrected chi connectivity index (χ1v) is 8.78. The van der Waals surface area contributed by atoms with Crippen molar-refractivity contribution in [2.75, 3.05) is 11.9 Å². The van der Waals surface area contributed by atoms with E-state index in [1.165, 1.54) is 6.07 Å². The number of likely N-dealkylation sites (N-methyl/N-ethyl adjacent to an activating group) is 1. The molecule has 3 aromatic rings. The smallest absolute Gasteiger partial charge is 0.314 e. The summed E-state index contributed by atoms with van der Waals surface area (Å²) in [7, 11) is 1.67. The summed E-state index contributed by atoms with van der Waals surface area (Å²) in [6.07, 6.45) is -4.10. The zero-order chi connectivity index (χ0) is 20.3. The van der Waals surface area contributed by atoms with Crippen molar-refractivity contribution >= 4 is 33.3 Å². The number of alkyl halides is 3. The van der Waals surface area contributed by atoms with Crippen LogP contribution in [0.5, 0.6) is 0 Å². The summed E-state index contributed by atoms with van der Waals surface area (Å²) in [5.74, 6) is -0.221. The van der Waals surface area contributed by atoms with Crippen molar-refractivity contribution in [2.45, 2.75) is 31.4 Å². The van der Waals surface area contributed by atoms with Crippen LogP contribution in [0, 0.1) is 11.3 Å². The quantitative estimate of drug-likeness (QED) is 0.589. The molecule has 28 heavy (non-hydrogen) atoms. The van der Waals surface area contributed by atoms with Gasteiger partial charge in [0.1, 0.15) is 0 Å². The van der Waals surface area contributed by atoms with Gasteiger partial charge in [0.25, 0.3) is 0 Å². The van der Waals surface area contributed by atoms with Crippen molar-refractivity contribution in [1.82, 2.24) is 4.98 Å². The van der Waals surface area contributed by atoms with Gasteiger partial charge in [-0.3, -0.25) is 9.78 Å². The maximum Gasteiger partial charge on any atom is 0.416 e. The molecule has 0 fully saturated rings. The molecule has 1 atom stereocenters. The molecule has 0 N–H and O–H groups in total. The van der Waals surface area contributed by atoms with Crippen molar-refractivity contribution in [3.8, 4) is 6.07 Å². The fourth-order valence-corrected chi connectivity index (χ4v) is 4.01. The molecule has 1 unspecified atom stereocenters. The first kappa shape index (κ1) is 18.2. The van der Waals surface area contributed by atoms with E-state index in [4.69, 9.17) is 5.26 Å². The normalized spacial score (nSPS) is 19.3. The SMILES string of the molecule is CN1C(=O)C(C)(CCC#N)c2nc3cc(C(F)(F)F)ccc3c3cccc1c23. The number of hydrogen-bond acceptors (Lipinski definition) is 3. The molecule has 1 aliphatic heterocycles. The van der Waals surface area contributed by atoms with Gasteiger partial charge in [-0.1, -0.05) is 18.2 Å². The number of halogens is 3. The Balaban J connectivity index is 2.13. The monoisotopic (exact) mass is 383 g/mol. The molecule has 4 rings (SSSR count). The number of fused-ring (bicyclic) bond motifs is 2. The van der Waals surface area contributed by atoms with Gasteiger partial charge in [-0.05, 0) is 36.9 Å². The van der Waals surface area contributed by atoms with Gasteiger partial charge in [-0.2, -0.15) is 18.4 Å². The van der Waals surface area contributed by atoms with Gasteiger partial charge >= 0.3 is 6.18 Å². The number of aromatic nitrogens is 1. The molecule has 2 aromatic carbocycles. The van der Waals surface area contributed by atoms with E-state index in [-0.39, 0.29) is 24.3 Å². The van der Waals surface area contributed by atoms with E-state index >= 15 is 0 Å². The summed E-state index contributed by atoms with van der Waals surface area (Å²) in [5.41, 5.74) is -0.577. The van der Waals surface area contributed by atoms with E-state index in [1.807, 2.05) is 6.07 Å². The summed E-state index contributed by atoms with van der Waals surface area (Å²) in [6.45, 7) is 1.71. The largest absolute Gasteiger partial charge is 0.416 e. The average molecular weight is 383 g/mol. The average Bonchev–Trinajstić information content (AvgIpc) is 2.67. The van der Waals surface area contributed by atoms with Crippen LogP contribution in [0.1, 0.15) is 31.0 Å². The number of carbonyl (C=O) groups is 1. The molecule has 0 saturated heterocycles. The minimum absolute atomic E-state index is 0.141. The summed E-state index contributed by atoms with van der Waals surface area (Å²) in [4.78, 5) is 19.2. The lowest BCUT2D eigenvalue weighted by atomic mass is 9.75. The van der Waals surface area contributed by atoms with Crippen LogP contribution >= 0.6 is 0 Å². The minimum atomic E-state index is -4.48. The van der Waals surface area contributed by atoms with Crippen LogP contribution in [0.25, 0.3) is 21.7 Å². The van der Waals surface area contributed by atoms with Crippen molar-refractivity contribution in [3.05, 3.63) is 47.7 Å². The van der Waals surface area contributed by atoms with E-state index in [0.717, 1.165) is 22.9 Å². The van der Waals surface area contributed by atoms with Crippen molar-refractivity contribution < 1.29 is 18.0 Å². The van der Waals surface area contributed by atoms with Crippen molar-refractivity contribution in [2.24, 2.45) is 0 Å². The highest BCUT2D eigenvalue weighted by Crippen LogP contribution is 2.46. The molecular formula is C21H16F3N3O. The van der Waals surface area contributed by atoms with E-state index in [0.29, 0.717) is 16.8 Å². The lowest BCUT2D eigenvalue weighted by Gasteiger charge is -2.38. The molecule has 1 aliphatic rings. The van der Waals surface area contributed by atoms with Crippen LogP contribution in [0.15, 0.2) is 36.4 Å². The second kappa shape index (κ2) is 5.93. The fourth-order valence-electron chi connectivity index (χ4n) is 4.01. The Morgan fingerprint density at radius 1 is 1.21 bits per heavy atom. The number of anilines is 1. The molecule has 7 heteroatoms. The number of carbonyl (C=O) groups excluding carboxylic acids is 1. The van der Waals surface area contributed by atoms with E-state index in [2.05, 4.69) is 11.1 Å². The zero-order valence-corrected chi connectivity index (χ0v) is 15.3. The summed E-state index contributed by atoms with van der Waals surface area (Å²) in [5, 5.41) is 11.1. The molecule has 0 radical (unpaired) electrons. The molecule has 0 aliphatic carbocycles. The van der Waals surface area contributed by atoms with Crippen molar-refractivity contribution in [1.29, 1.82) is 5.26 Å². The Kier molecular flexibility index (Phi) is 3.86. The van der Waals surface area contributed by atoms with Crippen LogP contribution in [-0.2, 0) is 16.4 Å². The molecule has 2 heterocycles. The van der Waals surface area contributed by atoms with Gasteiger partial charge in [0.2, 0.25) is 5.91 Å². The van der Waals surface area contributed by atoms with E-state index in [9.17, 15) is 18.0 Å². The molecule has 142 valence electrons. The van der Waals surface area contributed by atoms with Crippen LogP contribution in [-0.4, -0.2) is 17.9 Å². The summed E-state index contributed by atoms with van der Waals surface area (Å²) in [6, 6.07) is 10.9. The molecule has 0 saturated carbocycles. The van der Waals surface area contributed by atoms with Crippen LogP contribution in [0.2, 0.25) is 0 Å². The molecule has 1 aromatic heterocycles. The number of pyridine rings is 1. The number of rotatable bonds is 2. The predicted octanol–water partition coefficient (Wildman–Crippen LogP) is 4.94. The first-order chi connectivity index (χ1) is 13.2. The lowest BCUT2D eigenvalue weighted by molar-refractivity contribution is -0.137. The van der Waals surface area contributed by atoms with Gasteiger partial charge in [-0.25, -0.2) is 0 Å². The zero-order valence-electron chi connectivity index (χ0n) is 15.3. The van der Waals surface area contributed by atoms with Crippen LogP contribution in [0.3, 0.4) is 0 Å². The molecule has 0 bridgehead atoms. The van der Waals surface area contributed by atoms with Gasteiger partial charge in [0, 0.05) is 24.2 Å². The third kappa shape index (κ3) is 2.44. The topological polar surface area (TPSA) is 57.0 Å². The van der Waals surface area contributed by atoms with Gasteiger partial charge in [-0.15, -0.1) is 0 Å². The highest BCUT2D eigenvalue weighted by Gasteiger charge is 2.44. The number of amides is 1. The Morgan fingerprint density at radius 3 is 2.64 bits per heavy atom.